The molecule has 0 aliphatic carbocycles. The molecule has 0 bridgehead atoms. The number of methoxy groups -OCH3 is 1. The van der Waals surface area contributed by atoms with Crippen molar-refractivity contribution in [3.63, 3.8) is 0 Å². The van der Waals surface area contributed by atoms with Crippen LogP contribution in [0.1, 0.15) is 139 Å². The highest BCUT2D eigenvalue weighted by molar-refractivity contribution is 5.70. The zero-order chi connectivity index (χ0) is 48.5. The smallest absolute Gasteiger partial charge is 0.305 e. The van der Waals surface area contributed by atoms with E-state index in [0.29, 0.717) is 12.8 Å². The van der Waals surface area contributed by atoms with Crippen LogP contribution in [0.5, 0.6) is 0 Å². The number of allylic oxidation sites excluding steroid dienone is 2. The van der Waals surface area contributed by atoms with Gasteiger partial charge in [-0.1, -0.05) is 50.7 Å². The lowest BCUT2D eigenvalue weighted by atomic mass is 9.96. The third-order valence-corrected chi connectivity index (χ3v) is 10.1. The monoisotopic (exact) mass is 930 g/mol. The van der Waals surface area contributed by atoms with Gasteiger partial charge in [-0.3, -0.25) is 38.4 Å². The number of hydrogen-bond acceptors (Lipinski definition) is 20. The Morgan fingerprint density at radius 2 is 0.877 bits per heavy atom. The van der Waals surface area contributed by atoms with Gasteiger partial charge in [0.15, 0.2) is 49.2 Å². The lowest BCUT2D eigenvalue weighted by Gasteiger charge is -2.49. The van der Waals surface area contributed by atoms with Crippen molar-refractivity contribution in [2.75, 3.05) is 20.3 Å². The van der Waals surface area contributed by atoms with E-state index < -0.39 is 123 Å². The molecule has 0 spiro atoms. The molecule has 370 valence electrons. The average Bonchev–Trinajstić information content (AvgIpc) is 3.21. The Morgan fingerprint density at radius 1 is 0.477 bits per heavy atom. The molecular weight excluding hydrogens is 860 g/mol. The first-order chi connectivity index (χ1) is 30.8. The van der Waals surface area contributed by atoms with Gasteiger partial charge in [-0.15, -0.1) is 0 Å². The molecule has 0 N–H and O–H groups in total. The Bertz CT molecular complexity index is 1560. The largest absolute Gasteiger partial charge is 0.469 e. The van der Waals surface area contributed by atoms with Gasteiger partial charge in [0.05, 0.1) is 13.2 Å². The Morgan fingerprint density at radius 3 is 1.34 bits per heavy atom. The number of esters is 8. The summed E-state index contributed by atoms with van der Waals surface area (Å²) in [5.41, 5.74) is 0. The van der Waals surface area contributed by atoms with Crippen LogP contribution in [0.4, 0.5) is 0 Å². The van der Waals surface area contributed by atoms with Crippen molar-refractivity contribution in [1.82, 2.24) is 0 Å². The minimum absolute atomic E-state index is 0.167. The van der Waals surface area contributed by atoms with E-state index in [1.54, 1.807) is 6.92 Å². The summed E-state index contributed by atoms with van der Waals surface area (Å²) in [5, 5.41) is 0. The van der Waals surface area contributed by atoms with Crippen molar-refractivity contribution in [2.24, 2.45) is 0 Å². The first-order valence-electron chi connectivity index (χ1n) is 22.3. The van der Waals surface area contributed by atoms with E-state index in [1.165, 1.54) is 7.11 Å². The summed E-state index contributed by atoms with van der Waals surface area (Å²) in [5.74, 6) is -5.87. The average molecular weight is 931 g/mol. The molecule has 2 heterocycles. The summed E-state index contributed by atoms with van der Waals surface area (Å²) in [6.45, 7) is 8.46. The van der Waals surface area contributed by atoms with Crippen LogP contribution in [0.2, 0.25) is 0 Å². The number of carbonyl (C=O) groups is 8. The molecule has 20 heteroatoms. The van der Waals surface area contributed by atoms with Crippen molar-refractivity contribution >= 4 is 47.8 Å². The maximum absolute atomic E-state index is 12.7. The fourth-order valence-corrected chi connectivity index (χ4v) is 7.32. The van der Waals surface area contributed by atoms with Crippen molar-refractivity contribution in [3.8, 4) is 0 Å². The molecule has 20 nitrogen and oxygen atoms in total. The molecule has 0 aromatic carbocycles. The molecular formula is C45H70O20. The molecule has 1 unspecified atom stereocenters. The van der Waals surface area contributed by atoms with Crippen LogP contribution in [0, 0.1) is 0 Å². The van der Waals surface area contributed by atoms with Gasteiger partial charge < -0.3 is 56.8 Å². The van der Waals surface area contributed by atoms with E-state index in [1.807, 2.05) is 0 Å². The first kappa shape index (κ1) is 56.5. The normalized spacial score (nSPS) is 25.7. The second kappa shape index (κ2) is 30.5. The van der Waals surface area contributed by atoms with Crippen molar-refractivity contribution < 1.29 is 95.2 Å². The summed E-state index contributed by atoms with van der Waals surface area (Å²) in [6, 6.07) is 0. The van der Waals surface area contributed by atoms with Gasteiger partial charge in [0.25, 0.3) is 0 Å². The molecule has 2 saturated heterocycles. The summed E-state index contributed by atoms with van der Waals surface area (Å²) in [6.07, 6.45) is 0.355. The van der Waals surface area contributed by atoms with E-state index in [2.05, 4.69) is 16.9 Å². The minimum Gasteiger partial charge on any atom is -0.469 e. The lowest BCUT2D eigenvalue weighted by molar-refractivity contribution is -0.372. The van der Waals surface area contributed by atoms with Crippen LogP contribution in [0.25, 0.3) is 0 Å². The van der Waals surface area contributed by atoms with Crippen LogP contribution < -0.4 is 0 Å². The summed E-state index contributed by atoms with van der Waals surface area (Å²) in [7, 11) is 1.40. The highest BCUT2D eigenvalue weighted by Gasteiger charge is 2.58. The van der Waals surface area contributed by atoms with Gasteiger partial charge in [0.2, 0.25) is 0 Å². The Labute approximate surface area is 381 Å². The number of carbonyl (C=O) groups excluding carboxylic acids is 8. The predicted octanol–water partition coefficient (Wildman–Crippen LogP) is 4.81. The standard InChI is InChI=1S/C45H70O20/c1-27(23-21-19-17-15-13-11-10-12-14-16-18-20-22-24-37(53)54-9)57-44-43(41(61-33(7)51)39(59-31(5)49)35(63-44)25-55-28(2)46)65-45-42(62-34(8)52)40(60-32(6)50)38(58-30(4)48)36(64-45)26-56-29(3)47/h10-11,27,35-36,38-45H,12-26H2,1-9H3/b11-10-/t27?,35-,36-,38-,39-,40+,41+,42-,43-,44-,45+/m1/s1. The highest BCUT2D eigenvalue weighted by Crippen LogP contribution is 2.36. The number of rotatable bonds is 28. The van der Waals surface area contributed by atoms with Crippen LogP contribution in [0.15, 0.2) is 12.2 Å². The van der Waals surface area contributed by atoms with Gasteiger partial charge >= 0.3 is 47.8 Å². The number of unbranched alkanes of at least 4 members (excludes halogenated alkanes) is 9. The lowest BCUT2D eigenvalue weighted by Crippen LogP contribution is -2.67. The van der Waals surface area contributed by atoms with E-state index in [4.69, 9.17) is 52.1 Å². The van der Waals surface area contributed by atoms with Crippen molar-refractivity contribution in [1.29, 1.82) is 0 Å². The Balaban J connectivity index is 2.33. The maximum Gasteiger partial charge on any atom is 0.305 e. The molecule has 11 atom stereocenters. The quantitative estimate of drug-likeness (QED) is 0.0442. The second-order valence-electron chi connectivity index (χ2n) is 16.0. The molecule has 0 amide bonds. The molecule has 0 aromatic heterocycles. The van der Waals surface area contributed by atoms with Crippen LogP contribution in [-0.2, 0) is 95.2 Å². The highest BCUT2D eigenvalue weighted by atomic mass is 16.8. The van der Waals surface area contributed by atoms with Crippen LogP contribution in [0.3, 0.4) is 0 Å². The van der Waals surface area contributed by atoms with Crippen molar-refractivity contribution in [3.05, 3.63) is 12.2 Å². The minimum atomic E-state index is -1.77. The van der Waals surface area contributed by atoms with Gasteiger partial charge in [-0.25, -0.2) is 0 Å². The molecule has 0 aromatic rings. The summed E-state index contributed by atoms with van der Waals surface area (Å²) < 4.78 is 68.4. The zero-order valence-corrected chi connectivity index (χ0v) is 39.3. The SMILES string of the molecule is COC(=O)CCCCCCC/C=C\CCCCCCC(C)O[C@@H]1O[C@H](COC(C)=O)[C@@H](OC(C)=O)[C@H](OC(C)=O)[C@H]1O[C@@H]1O[C@H](COC(C)=O)[C@@H](OC(C)=O)[C@H](OC(C)=O)[C@H]1OC(C)=O. The van der Waals surface area contributed by atoms with Gasteiger partial charge in [0.1, 0.15) is 25.4 Å². The van der Waals surface area contributed by atoms with E-state index >= 15 is 0 Å². The third-order valence-electron chi connectivity index (χ3n) is 10.1. The second-order valence-corrected chi connectivity index (χ2v) is 16.0. The van der Waals surface area contributed by atoms with Gasteiger partial charge in [0, 0.05) is 54.9 Å². The molecule has 2 fully saturated rings. The fourth-order valence-electron chi connectivity index (χ4n) is 7.32. The van der Waals surface area contributed by atoms with E-state index in [0.717, 1.165) is 119 Å². The topological polar surface area (TPSA) is 247 Å². The molecule has 2 aliphatic heterocycles. The van der Waals surface area contributed by atoms with Crippen molar-refractivity contribution in [2.45, 2.75) is 206 Å². The van der Waals surface area contributed by atoms with Crippen LogP contribution >= 0.6 is 0 Å². The molecule has 2 rings (SSSR count). The molecule has 2 aliphatic rings. The summed E-state index contributed by atoms with van der Waals surface area (Å²) in [4.78, 5) is 97.7. The first-order valence-corrected chi connectivity index (χ1v) is 22.3. The van der Waals surface area contributed by atoms with Gasteiger partial charge in [-0.2, -0.15) is 0 Å². The number of hydrogen-bond donors (Lipinski definition) is 0. The predicted molar refractivity (Wildman–Crippen MR) is 225 cm³/mol. The van der Waals surface area contributed by atoms with E-state index in [9.17, 15) is 38.4 Å². The molecule has 0 radical (unpaired) electrons. The molecule has 0 saturated carbocycles. The molecule has 65 heavy (non-hydrogen) atoms. The van der Waals surface area contributed by atoms with E-state index in [-0.39, 0.29) is 5.97 Å². The number of ether oxygens (including phenoxy) is 12. The third kappa shape index (κ3) is 22.4. The maximum atomic E-state index is 12.7. The summed E-state index contributed by atoms with van der Waals surface area (Å²) >= 11 is 0. The zero-order valence-electron chi connectivity index (χ0n) is 39.3. The van der Waals surface area contributed by atoms with Gasteiger partial charge in [-0.05, 0) is 45.4 Å². The van der Waals surface area contributed by atoms with Crippen LogP contribution in [-0.4, -0.2) is 136 Å². The fraction of sp³-hybridized carbons (Fsp3) is 0.778. The Kier molecular flexibility index (Phi) is 26.5. The Hall–Kier alpha value is -4.66.